The molecule has 0 bridgehead atoms. The summed E-state index contributed by atoms with van der Waals surface area (Å²) < 4.78 is 26.4. The molecule has 1 aromatic carbocycles. The summed E-state index contributed by atoms with van der Waals surface area (Å²) >= 11 is 1.81. The first-order valence-corrected chi connectivity index (χ1v) is 11.9. The summed E-state index contributed by atoms with van der Waals surface area (Å²) in [5, 5.41) is 6.33. The quantitative estimate of drug-likeness (QED) is 0.515. The Bertz CT molecular complexity index is 659. The first kappa shape index (κ1) is 21.1. The largest absolute Gasteiger partial charge is 0.357 e. The lowest BCUT2D eigenvalue weighted by molar-refractivity contribution is 0.443. The van der Waals surface area contributed by atoms with Crippen LogP contribution in [-0.4, -0.2) is 68.7 Å². The van der Waals surface area contributed by atoms with Gasteiger partial charge in [0.25, 0.3) is 0 Å². The zero-order valence-electron chi connectivity index (χ0n) is 15.6. The second kappa shape index (κ2) is 10.8. The van der Waals surface area contributed by atoms with Crippen LogP contribution in [0.5, 0.6) is 0 Å². The molecule has 0 amide bonds. The topological polar surface area (TPSA) is 73.8 Å². The number of nitrogens with zero attached hydrogens (tertiary/aromatic N) is 2. The van der Waals surface area contributed by atoms with Crippen LogP contribution >= 0.6 is 11.8 Å². The van der Waals surface area contributed by atoms with Crippen molar-refractivity contribution in [2.75, 3.05) is 50.0 Å². The number of hydrogen-bond donors (Lipinski definition) is 2. The maximum atomic E-state index is 12.4. The first-order valence-electron chi connectivity index (χ1n) is 9.15. The molecule has 1 aliphatic rings. The molecule has 0 aromatic heterocycles. The standard InChI is InChI=1S/C18H30N4O2S2/c1-3-19-18(21-15-16(2)17-7-5-4-6-8-17)20-9-14-26(23,24)22-10-12-25-13-11-22/h4-8,16H,3,9-15H2,1-2H3,(H2,19,20,21). The van der Waals surface area contributed by atoms with Crippen LogP contribution in [0.4, 0.5) is 0 Å². The summed E-state index contributed by atoms with van der Waals surface area (Å²) in [6.45, 7) is 7.13. The molecule has 0 saturated carbocycles. The molecule has 2 N–H and O–H groups in total. The molecule has 1 saturated heterocycles. The molecule has 1 fully saturated rings. The Morgan fingerprint density at radius 2 is 1.92 bits per heavy atom. The van der Waals surface area contributed by atoms with Crippen LogP contribution in [0.2, 0.25) is 0 Å². The number of benzene rings is 1. The second-order valence-corrected chi connectivity index (χ2v) is 9.60. The van der Waals surface area contributed by atoms with E-state index < -0.39 is 10.0 Å². The molecule has 146 valence electrons. The van der Waals surface area contributed by atoms with E-state index in [0.29, 0.717) is 38.1 Å². The molecule has 1 atom stereocenters. The molecular formula is C18H30N4O2S2. The average Bonchev–Trinajstić information content (AvgIpc) is 2.67. The van der Waals surface area contributed by atoms with Gasteiger partial charge in [0.15, 0.2) is 5.96 Å². The number of nitrogens with one attached hydrogen (secondary N) is 2. The molecule has 2 rings (SSSR count). The van der Waals surface area contributed by atoms with E-state index in [4.69, 9.17) is 0 Å². The number of guanidine groups is 1. The molecule has 1 aromatic rings. The van der Waals surface area contributed by atoms with Gasteiger partial charge in [0, 0.05) is 50.1 Å². The molecule has 0 spiro atoms. The summed E-state index contributed by atoms with van der Waals surface area (Å²) in [7, 11) is -3.19. The molecule has 1 unspecified atom stereocenters. The Hall–Kier alpha value is -1.25. The van der Waals surface area contributed by atoms with Crippen LogP contribution in [0.15, 0.2) is 35.3 Å². The van der Waals surface area contributed by atoms with Crippen LogP contribution in [0.1, 0.15) is 25.3 Å². The van der Waals surface area contributed by atoms with Crippen molar-refractivity contribution in [3.63, 3.8) is 0 Å². The van der Waals surface area contributed by atoms with Gasteiger partial charge in [-0.2, -0.15) is 11.8 Å². The Balaban J connectivity index is 1.85. The van der Waals surface area contributed by atoms with Gasteiger partial charge in [-0.15, -0.1) is 0 Å². The van der Waals surface area contributed by atoms with Crippen molar-refractivity contribution in [3.8, 4) is 0 Å². The number of rotatable bonds is 8. The molecule has 6 nitrogen and oxygen atoms in total. The zero-order valence-corrected chi connectivity index (χ0v) is 17.3. The van der Waals surface area contributed by atoms with E-state index in [2.05, 4.69) is 34.7 Å². The van der Waals surface area contributed by atoms with Gasteiger partial charge in [-0.05, 0) is 12.5 Å². The Morgan fingerprint density at radius 1 is 1.23 bits per heavy atom. The van der Waals surface area contributed by atoms with E-state index in [0.717, 1.165) is 18.1 Å². The number of thioether (sulfide) groups is 1. The summed E-state index contributed by atoms with van der Waals surface area (Å²) in [5.41, 5.74) is 1.25. The van der Waals surface area contributed by atoms with Gasteiger partial charge in [0.2, 0.25) is 10.0 Å². The highest BCUT2D eigenvalue weighted by Crippen LogP contribution is 2.14. The molecule has 0 radical (unpaired) electrons. The van der Waals surface area contributed by atoms with Crippen LogP contribution < -0.4 is 10.6 Å². The number of sulfonamides is 1. The molecule has 26 heavy (non-hydrogen) atoms. The smallest absolute Gasteiger partial charge is 0.215 e. The monoisotopic (exact) mass is 398 g/mol. The summed E-state index contributed by atoms with van der Waals surface area (Å²) in [6, 6.07) is 10.3. The van der Waals surface area contributed by atoms with Crippen LogP contribution in [0.25, 0.3) is 0 Å². The lowest BCUT2D eigenvalue weighted by Crippen LogP contribution is -2.44. The molecule has 1 heterocycles. The van der Waals surface area contributed by atoms with Crippen molar-refractivity contribution in [3.05, 3.63) is 35.9 Å². The molecule has 1 aliphatic heterocycles. The lowest BCUT2D eigenvalue weighted by Gasteiger charge is -2.25. The Labute approximate surface area is 161 Å². The van der Waals surface area contributed by atoms with E-state index >= 15 is 0 Å². The van der Waals surface area contributed by atoms with Gasteiger partial charge in [0.05, 0.1) is 5.75 Å². The minimum atomic E-state index is -3.19. The van der Waals surface area contributed by atoms with Gasteiger partial charge in [0.1, 0.15) is 0 Å². The van der Waals surface area contributed by atoms with Crippen molar-refractivity contribution < 1.29 is 8.42 Å². The number of aliphatic imine (C=N–C) groups is 1. The van der Waals surface area contributed by atoms with Crippen molar-refractivity contribution in [2.45, 2.75) is 19.8 Å². The van der Waals surface area contributed by atoms with Gasteiger partial charge in [-0.1, -0.05) is 37.3 Å². The van der Waals surface area contributed by atoms with Crippen LogP contribution in [0, 0.1) is 0 Å². The van der Waals surface area contributed by atoms with Crippen LogP contribution in [0.3, 0.4) is 0 Å². The minimum Gasteiger partial charge on any atom is -0.357 e. The molecule has 8 heteroatoms. The molecular weight excluding hydrogens is 368 g/mol. The molecule has 0 aliphatic carbocycles. The van der Waals surface area contributed by atoms with Crippen molar-refractivity contribution in [1.82, 2.24) is 14.9 Å². The first-order chi connectivity index (χ1) is 12.5. The third-order valence-corrected chi connectivity index (χ3v) is 7.07. The fraction of sp³-hybridized carbons (Fsp3) is 0.611. The third kappa shape index (κ3) is 6.81. The van der Waals surface area contributed by atoms with E-state index in [1.807, 2.05) is 25.1 Å². The van der Waals surface area contributed by atoms with E-state index in [1.165, 1.54) is 5.56 Å². The normalized spacial score (nSPS) is 17.7. The highest BCUT2D eigenvalue weighted by molar-refractivity contribution is 7.99. The summed E-state index contributed by atoms with van der Waals surface area (Å²) in [6.07, 6.45) is 0. The van der Waals surface area contributed by atoms with Crippen molar-refractivity contribution >= 4 is 27.7 Å². The summed E-state index contributed by atoms with van der Waals surface area (Å²) in [4.78, 5) is 4.60. The maximum Gasteiger partial charge on any atom is 0.215 e. The predicted octanol–water partition coefficient (Wildman–Crippen LogP) is 1.72. The van der Waals surface area contributed by atoms with Crippen molar-refractivity contribution in [1.29, 1.82) is 0 Å². The third-order valence-electron chi connectivity index (χ3n) is 4.25. The van der Waals surface area contributed by atoms with Gasteiger partial charge >= 0.3 is 0 Å². The average molecular weight is 399 g/mol. The fourth-order valence-corrected chi connectivity index (χ4v) is 5.20. The lowest BCUT2D eigenvalue weighted by atomic mass is 10.0. The Kier molecular flexibility index (Phi) is 8.74. The highest BCUT2D eigenvalue weighted by Gasteiger charge is 2.23. The van der Waals surface area contributed by atoms with Crippen LogP contribution in [-0.2, 0) is 10.0 Å². The number of hydrogen-bond acceptors (Lipinski definition) is 4. The summed E-state index contributed by atoms with van der Waals surface area (Å²) in [5.74, 6) is 2.83. The second-order valence-electron chi connectivity index (χ2n) is 6.29. The Morgan fingerprint density at radius 3 is 2.58 bits per heavy atom. The van der Waals surface area contributed by atoms with Gasteiger partial charge in [-0.3, -0.25) is 4.99 Å². The van der Waals surface area contributed by atoms with E-state index in [-0.39, 0.29) is 5.75 Å². The van der Waals surface area contributed by atoms with E-state index in [9.17, 15) is 8.42 Å². The maximum absolute atomic E-state index is 12.4. The highest BCUT2D eigenvalue weighted by atomic mass is 32.2. The van der Waals surface area contributed by atoms with E-state index in [1.54, 1.807) is 16.1 Å². The predicted molar refractivity (Wildman–Crippen MR) is 112 cm³/mol. The SMILES string of the molecule is CCNC(=NCC(C)c1ccccc1)NCCS(=O)(=O)N1CCSCC1. The fourth-order valence-electron chi connectivity index (χ4n) is 2.71. The van der Waals surface area contributed by atoms with Crippen molar-refractivity contribution in [2.24, 2.45) is 4.99 Å². The van der Waals surface area contributed by atoms with Gasteiger partial charge < -0.3 is 10.6 Å². The van der Waals surface area contributed by atoms with Gasteiger partial charge in [-0.25, -0.2) is 12.7 Å². The zero-order chi connectivity index (χ0) is 18.8. The minimum absolute atomic E-state index is 0.0936.